The highest BCUT2D eigenvalue weighted by molar-refractivity contribution is 6.42. The van der Waals surface area contributed by atoms with E-state index >= 15 is 0 Å². The number of carbonyl (C=O) groups is 3. The molecule has 3 N–H and O–H groups in total. The molecule has 2 amide bonds. The molecule has 0 aliphatic heterocycles. The molecule has 0 spiro atoms. The molecule has 0 aromatic heterocycles. The largest absolute Gasteiger partial charge is 0.493 e. The van der Waals surface area contributed by atoms with Crippen molar-refractivity contribution >= 4 is 47.2 Å². The predicted molar refractivity (Wildman–Crippen MR) is 124 cm³/mol. The van der Waals surface area contributed by atoms with Crippen LogP contribution in [0.4, 0.5) is 0 Å². The predicted octanol–water partition coefficient (Wildman–Crippen LogP) is 3.37. The van der Waals surface area contributed by atoms with Crippen LogP contribution in [0, 0.1) is 5.92 Å². The van der Waals surface area contributed by atoms with Gasteiger partial charge in [-0.25, -0.2) is 10.2 Å². The number of carbonyl (C=O) groups excluding carboxylic acids is 2. The lowest BCUT2D eigenvalue weighted by Crippen LogP contribution is -2.48. The second kappa shape index (κ2) is 12.1. The van der Waals surface area contributed by atoms with Crippen LogP contribution in [0.3, 0.4) is 0 Å². The third kappa shape index (κ3) is 7.65. The molecule has 0 fully saturated rings. The van der Waals surface area contributed by atoms with Gasteiger partial charge in [0, 0.05) is 5.56 Å². The van der Waals surface area contributed by atoms with Gasteiger partial charge in [-0.3, -0.25) is 9.59 Å². The number of hydrogen-bond acceptors (Lipinski definition) is 6. The summed E-state index contributed by atoms with van der Waals surface area (Å²) in [5.41, 5.74) is 3.23. The molecule has 176 valence electrons. The molecular formula is C22H23Cl2N3O6. The van der Waals surface area contributed by atoms with E-state index < -0.39 is 30.4 Å². The van der Waals surface area contributed by atoms with Crippen molar-refractivity contribution in [2.45, 2.75) is 19.9 Å². The van der Waals surface area contributed by atoms with Crippen LogP contribution in [-0.2, 0) is 9.59 Å². The number of methoxy groups -OCH3 is 1. The summed E-state index contributed by atoms with van der Waals surface area (Å²) in [5, 5.41) is 15.9. The number of carboxylic acids is 1. The summed E-state index contributed by atoms with van der Waals surface area (Å²) in [6, 6.07) is 8.28. The Hall–Kier alpha value is -3.30. The zero-order valence-electron chi connectivity index (χ0n) is 18.1. The number of nitrogens with one attached hydrogen (secondary N) is 2. The van der Waals surface area contributed by atoms with Gasteiger partial charge in [0.15, 0.2) is 18.1 Å². The number of aliphatic carboxylic acids is 1. The second-order valence-electron chi connectivity index (χ2n) is 7.15. The van der Waals surface area contributed by atoms with Crippen molar-refractivity contribution in [2.24, 2.45) is 11.0 Å². The van der Waals surface area contributed by atoms with E-state index in [1.165, 1.54) is 37.6 Å². The van der Waals surface area contributed by atoms with E-state index in [0.717, 1.165) is 0 Å². The lowest BCUT2D eigenvalue weighted by molar-refractivity contribution is -0.139. The molecule has 0 aliphatic carbocycles. The average molecular weight is 496 g/mol. The van der Waals surface area contributed by atoms with Gasteiger partial charge in [-0.15, -0.1) is 0 Å². The van der Waals surface area contributed by atoms with Gasteiger partial charge in [0.2, 0.25) is 0 Å². The normalized spacial score (nSPS) is 11.8. The first-order chi connectivity index (χ1) is 15.6. The molecule has 0 bridgehead atoms. The fourth-order valence-electron chi connectivity index (χ4n) is 2.66. The smallest absolute Gasteiger partial charge is 0.341 e. The van der Waals surface area contributed by atoms with Gasteiger partial charge in [-0.05, 0) is 47.9 Å². The molecule has 0 saturated carbocycles. The molecule has 1 atom stereocenters. The molecule has 9 nitrogen and oxygen atoms in total. The molecule has 2 rings (SSSR count). The first-order valence-electron chi connectivity index (χ1n) is 9.73. The first-order valence-corrected chi connectivity index (χ1v) is 10.5. The van der Waals surface area contributed by atoms with E-state index in [2.05, 4.69) is 15.8 Å². The zero-order chi connectivity index (χ0) is 24.5. The standard InChI is InChI=1S/C22H23Cl2N3O6/c1-12(2)20(26-21(30)14-5-6-15(23)16(24)9-14)22(31)27-25-10-13-4-7-17(18(8-13)32-3)33-11-19(28)29/h4-10,12,20H,11H2,1-3H3,(H,26,30)(H,27,31)(H,28,29). The minimum absolute atomic E-state index is 0.224. The molecular weight excluding hydrogens is 473 g/mol. The van der Waals surface area contributed by atoms with Crippen LogP contribution in [0.25, 0.3) is 0 Å². The van der Waals surface area contributed by atoms with E-state index in [0.29, 0.717) is 16.3 Å². The van der Waals surface area contributed by atoms with Gasteiger partial charge in [0.1, 0.15) is 6.04 Å². The molecule has 33 heavy (non-hydrogen) atoms. The third-order valence-corrected chi connectivity index (χ3v) is 5.08. The number of amides is 2. The monoisotopic (exact) mass is 495 g/mol. The van der Waals surface area contributed by atoms with Crippen molar-refractivity contribution in [2.75, 3.05) is 13.7 Å². The van der Waals surface area contributed by atoms with Gasteiger partial charge in [0.05, 0.1) is 23.4 Å². The number of benzene rings is 2. The lowest BCUT2D eigenvalue weighted by Gasteiger charge is -2.20. The topological polar surface area (TPSA) is 126 Å². The Labute approximate surface area is 200 Å². The average Bonchev–Trinajstić information content (AvgIpc) is 2.77. The Morgan fingerprint density at radius 1 is 1.09 bits per heavy atom. The quantitative estimate of drug-likeness (QED) is 0.342. The first kappa shape index (κ1) is 26.0. The number of ether oxygens (including phenoxy) is 2. The van der Waals surface area contributed by atoms with Gasteiger partial charge in [0.25, 0.3) is 11.8 Å². The SMILES string of the molecule is COc1cc(C=NNC(=O)C(NC(=O)c2ccc(Cl)c(Cl)c2)C(C)C)ccc1OCC(=O)O. The number of halogens is 2. The summed E-state index contributed by atoms with van der Waals surface area (Å²) in [6.45, 7) is 3.05. The van der Waals surface area contributed by atoms with Crippen molar-refractivity contribution < 1.29 is 29.0 Å². The minimum Gasteiger partial charge on any atom is -0.493 e. The maximum absolute atomic E-state index is 12.6. The highest BCUT2D eigenvalue weighted by Crippen LogP contribution is 2.27. The van der Waals surface area contributed by atoms with Crippen molar-refractivity contribution in [3.63, 3.8) is 0 Å². The van der Waals surface area contributed by atoms with Crippen LogP contribution < -0.4 is 20.2 Å². The highest BCUT2D eigenvalue weighted by Gasteiger charge is 2.24. The summed E-state index contributed by atoms with van der Waals surface area (Å²) < 4.78 is 10.3. The van der Waals surface area contributed by atoms with E-state index in [1.807, 2.05) is 0 Å². The molecule has 0 aliphatic rings. The van der Waals surface area contributed by atoms with Crippen LogP contribution >= 0.6 is 23.2 Å². The van der Waals surface area contributed by atoms with Gasteiger partial charge >= 0.3 is 5.97 Å². The van der Waals surface area contributed by atoms with E-state index in [9.17, 15) is 14.4 Å². The van der Waals surface area contributed by atoms with Gasteiger partial charge in [-0.1, -0.05) is 37.0 Å². The maximum Gasteiger partial charge on any atom is 0.341 e. The van der Waals surface area contributed by atoms with Crippen molar-refractivity contribution in [1.82, 2.24) is 10.7 Å². The number of carboxylic acid groups (broad SMARTS) is 1. The summed E-state index contributed by atoms with van der Waals surface area (Å²) in [5.74, 6) is -1.77. The van der Waals surface area contributed by atoms with Crippen molar-refractivity contribution in [1.29, 1.82) is 0 Å². The Kier molecular flexibility index (Phi) is 9.50. The van der Waals surface area contributed by atoms with Crippen molar-refractivity contribution in [3.8, 4) is 11.5 Å². The fraction of sp³-hybridized carbons (Fsp3) is 0.273. The number of hydrogen-bond donors (Lipinski definition) is 3. The lowest BCUT2D eigenvalue weighted by atomic mass is 10.0. The van der Waals surface area contributed by atoms with Crippen LogP contribution in [0.5, 0.6) is 11.5 Å². The fourth-order valence-corrected chi connectivity index (χ4v) is 2.96. The van der Waals surface area contributed by atoms with Crippen LogP contribution in [0.2, 0.25) is 10.0 Å². The minimum atomic E-state index is -1.11. The molecule has 0 heterocycles. The van der Waals surface area contributed by atoms with Gasteiger partial charge < -0.3 is 19.9 Å². The highest BCUT2D eigenvalue weighted by atomic mass is 35.5. The van der Waals surface area contributed by atoms with Crippen LogP contribution in [-0.4, -0.2) is 48.9 Å². The maximum atomic E-state index is 12.6. The summed E-state index contributed by atoms with van der Waals surface area (Å²) in [4.78, 5) is 35.8. The Bertz CT molecular complexity index is 1060. The molecule has 0 radical (unpaired) electrons. The van der Waals surface area contributed by atoms with Crippen LogP contribution in [0.15, 0.2) is 41.5 Å². The van der Waals surface area contributed by atoms with Crippen molar-refractivity contribution in [3.05, 3.63) is 57.6 Å². The number of nitrogens with zero attached hydrogens (tertiary/aromatic N) is 1. The number of rotatable bonds is 10. The molecule has 11 heteroatoms. The third-order valence-electron chi connectivity index (χ3n) is 4.34. The Balaban J connectivity index is 2.04. The molecule has 1 unspecified atom stereocenters. The summed E-state index contributed by atoms with van der Waals surface area (Å²) in [6.07, 6.45) is 1.37. The molecule has 2 aromatic rings. The Morgan fingerprint density at radius 2 is 1.82 bits per heavy atom. The summed E-state index contributed by atoms with van der Waals surface area (Å²) in [7, 11) is 1.41. The molecule has 0 saturated heterocycles. The van der Waals surface area contributed by atoms with Gasteiger partial charge in [-0.2, -0.15) is 5.10 Å². The Morgan fingerprint density at radius 3 is 2.42 bits per heavy atom. The summed E-state index contributed by atoms with van der Waals surface area (Å²) >= 11 is 11.8. The second-order valence-corrected chi connectivity index (χ2v) is 7.97. The molecule has 2 aromatic carbocycles. The zero-order valence-corrected chi connectivity index (χ0v) is 19.6. The van der Waals surface area contributed by atoms with E-state index in [4.69, 9.17) is 37.8 Å². The van der Waals surface area contributed by atoms with E-state index in [-0.39, 0.29) is 22.3 Å². The van der Waals surface area contributed by atoms with Crippen LogP contribution in [0.1, 0.15) is 29.8 Å². The number of hydrazone groups is 1. The van der Waals surface area contributed by atoms with E-state index in [1.54, 1.807) is 26.0 Å².